The molecule has 0 saturated carbocycles. The van der Waals surface area contributed by atoms with E-state index in [9.17, 15) is 22.7 Å². The maximum atomic E-state index is 14.4. The highest BCUT2D eigenvalue weighted by molar-refractivity contribution is 7.93. The molecule has 1 fully saturated rings. The molecule has 196 valence electrons. The number of thiazole rings is 1. The molecule has 0 aliphatic carbocycles. The lowest BCUT2D eigenvalue weighted by Gasteiger charge is -2.36. The van der Waals surface area contributed by atoms with Gasteiger partial charge < -0.3 is 14.9 Å². The Morgan fingerprint density at radius 2 is 1.86 bits per heavy atom. The SMILES string of the molecule is C/C(O)=C(/C(=N)c1c(F)cccc1Cl)C(=O)N1CCN(c2ccc(S(=O)(=O)Nc3nccs3)cc2)CC1.[HH]. The molecule has 37 heavy (non-hydrogen) atoms. The van der Waals surface area contributed by atoms with Crippen LogP contribution in [0.1, 0.15) is 13.9 Å². The standard InChI is InChI=1S/C24H23ClFN5O4S2.H2/c1-15(32)20(22(27)21-18(25)3-2-4-19(21)26)23(33)31-12-10-30(11-13-31)16-5-7-17(8-6-16)37(34,35)29-24-28-9-14-36-24;/h2-9,14,27,32H,10-13H2,1H3,(H,28,29);1H/b20-15+,27-22?;. The van der Waals surface area contributed by atoms with Crippen LogP contribution in [-0.4, -0.2) is 61.2 Å². The van der Waals surface area contributed by atoms with E-state index in [4.69, 9.17) is 17.0 Å². The van der Waals surface area contributed by atoms with Gasteiger partial charge in [-0.1, -0.05) is 17.7 Å². The predicted molar refractivity (Wildman–Crippen MR) is 144 cm³/mol. The summed E-state index contributed by atoms with van der Waals surface area (Å²) in [4.78, 5) is 20.7. The fourth-order valence-electron chi connectivity index (χ4n) is 3.91. The summed E-state index contributed by atoms with van der Waals surface area (Å²) in [5.41, 5.74) is -0.277. The fraction of sp³-hybridized carbons (Fsp3) is 0.208. The predicted octanol–water partition coefficient (Wildman–Crippen LogP) is 4.53. The molecule has 3 aromatic rings. The summed E-state index contributed by atoms with van der Waals surface area (Å²) in [6, 6.07) is 10.3. The molecular weight excluding hydrogens is 541 g/mol. The van der Waals surface area contributed by atoms with E-state index < -0.39 is 33.2 Å². The van der Waals surface area contributed by atoms with Crippen LogP contribution in [0.2, 0.25) is 5.02 Å². The number of hydrogen-bond acceptors (Lipinski definition) is 8. The number of aliphatic hydroxyl groups excluding tert-OH is 1. The number of carbonyl (C=O) groups excluding carboxylic acids is 1. The Morgan fingerprint density at radius 1 is 1.19 bits per heavy atom. The average molecular weight is 566 g/mol. The number of halogens is 2. The molecule has 1 saturated heterocycles. The lowest BCUT2D eigenvalue weighted by molar-refractivity contribution is -0.127. The number of piperazine rings is 1. The number of aromatic nitrogens is 1. The van der Waals surface area contributed by atoms with Gasteiger partial charge >= 0.3 is 0 Å². The van der Waals surface area contributed by atoms with Crippen molar-refractivity contribution in [1.82, 2.24) is 9.88 Å². The lowest BCUT2D eigenvalue weighted by atomic mass is 9.99. The van der Waals surface area contributed by atoms with Gasteiger partial charge in [-0.3, -0.25) is 14.9 Å². The Bertz CT molecular complexity index is 1440. The molecule has 0 spiro atoms. The molecule has 0 radical (unpaired) electrons. The number of amides is 1. The van der Waals surface area contributed by atoms with E-state index in [1.807, 2.05) is 4.90 Å². The highest BCUT2D eigenvalue weighted by Gasteiger charge is 2.30. The molecule has 1 aliphatic heterocycles. The van der Waals surface area contributed by atoms with Gasteiger partial charge in [-0.2, -0.15) is 0 Å². The van der Waals surface area contributed by atoms with Gasteiger partial charge in [0.1, 0.15) is 17.1 Å². The van der Waals surface area contributed by atoms with Gasteiger partial charge in [0.25, 0.3) is 15.9 Å². The number of aliphatic hydroxyl groups is 1. The third-order valence-electron chi connectivity index (χ3n) is 5.77. The summed E-state index contributed by atoms with van der Waals surface area (Å²) in [5, 5.41) is 20.5. The van der Waals surface area contributed by atoms with Crippen molar-refractivity contribution in [3.63, 3.8) is 0 Å². The van der Waals surface area contributed by atoms with Crippen LogP contribution in [0.25, 0.3) is 0 Å². The van der Waals surface area contributed by atoms with Crippen molar-refractivity contribution in [1.29, 1.82) is 5.41 Å². The Kier molecular flexibility index (Phi) is 7.81. The molecule has 1 amide bonds. The number of sulfonamides is 1. The van der Waals surface area contributed by atoms with Crippen molar-refractivity contribution in [3.05, 3.63) is 81.8 Å². The minimum Gasteiger partial charge on any atom is -0.512 e. The molecule has 13 heteroatoms. The van der Waals surface area contributed by atoms with E-state index in [0.717, 1.165) is 11.8 Å². The third-order valence-corrected chi connectivity index (χ3v) is 8.26. The number of rotatable bonds is 7. The van der Waals surface area contributed by atoms with E-state index >= 15 is 0 Å². The van der Waals surface area contributed by atoms with Crippen molar-refractivity contribution in [2.45, 2.75) is 11.8 Å². The summed E-state index contributed by atoms with van der Waals surface area (Å²) in [6.45, 7) is 2.69. The molecule has 9 nitrogen and oxygen atoms in total. The number of nitrogens with one attached hydrogen (secondary N) is 2. The molecule has 2 aromatic carbocycles. The van der Waals surface area contributed by atoms with Crippen LogP contribution in [0.15, 0.2) is 70.3 Å². The normalized spacial score (nSPS) is 14.8. The van der Waals surface area contributed by atoms with Crippen molar-refractivity contribution < 1.29 is 24.1 Å². The molecule has 4 rings (SSSR count). The summed E-state index contributed by atoms with van der Waals surface area (Å²) in [6.07, 6.45) is 1.51. The molecule has 0 bridgehead atoms. The van der Waals surface area contributed by atoms with Crippen LogP contribution in [0.3, 0.4) is 0 Å². The monoisotopic (exact) mass is 565 g/mol. The van der Waals surface area contributed by atoms with Crippen molar-refractivity contribution in [2.75, 3.05) is 35.8 Å². The van der Waals surface area contributed by atoms with Crippen molar-refractivity contribution >= 4 is 55.4 Å². The maximum absolute atomic E-state index is 14.4. The molecule has 1 aromatic heterocycles. The van der Waals surface area contributed by atoms with Gasteiger partial charge in [-0.05, 0) is 43.3 Å². The number of anilines is 2. The highest BCUT2D eigenvalue weighted by Crippen LogP contribution is 2.26. The Morgan fingerprint density at radius 3 is 2.43 bits per heavy atom. The van der Waals surface area contributed by atoms with Crippen LogP contribution < -0.4 is 9.62 Å². The highest BCUT2D eigenvalue weighted by atomic mass is 35.5. The van der Waals surface area contributed by atoms with Crippen LogP contribution in [0.4, 0.5) is 15.2 Å². The van der Waals surface area contributed by atoms with Gasteiger partial charge in [0.2, 0.25) is 0 Å². The number of allylic oxidation sites excluding steroid dienone is 1. The average Bonchev–Trinajstić information content (AvgIpc) is 3.36. The van der Waals surface area contributed by atoms with Crippen LogP contribution in [-0.2, 0) is 14.8 Å². The summed E-state index contributed by atoms with van der Waals surface area (Å²) >= 11 is 7.24. The smallest absolute Gasteiger partial charge is 0.263 e. The Labute approximate surface area is 223 Å². The van der Waals surface area contributed by atoms with Crippen LogP contribution in [0.5, 0.6) is 0 Å². The number of carbonyl (C=O) groups is 1. The zero-order valence-electron chi connectivity index (χ0n) is 19.6. The van der Waals surface area contributed by atoms with Gasteiger partial charge in [0, 0.05) is 44.9 Å². The summed E-state index contributed by atoms with van der Waals surface area (Å²) in [5.74, 6) is -1.76. The third kappa shape index (κ3) is 5.76. The quantitative estimate of drug-likeness (QED) is 0.219. The fourth-order valence-corrected chi connectivity index (χ4v) is 5.96. The number of benzene rings is 2. The molecular formula is C24H25ClFN5O4S2. The second kappa shape index (κ2) is 10.9. The topological polar surface area (TPSA) is 127 Å². The summed E-state index contributed by atoms with van der Waals surface area (Å²) in [7, 11) is -3.76. The Hall–Kier alpha value is -3.48. The van der Waals surface area contributed by atoms with Gasteiger partial charge in [0.15, 0.2) is 5.13 Å². The molecule has 3 N–H and O–H groups in total. The van der Waals surface area contributed by atoms with Crippen LogP contribution >= 0.6 is 22.9 Å². The van der Waals surface area contributed by atoms with E-state index in [-0.39, 0.29) is 40.7 Å². The first-order chi connectivity index (χ1) is 17.6. The Balaban J connectivity index is 0.00000400. The second-order valence-corrected chi connectivity index (χ2v) is 11.1. The minimum absolute atomic E-state index is 0. The van der Waals surface area contributed by atoms with Crippen molar-refractivity contribution in [3.8, 4) is 0 Å². The van der Waals surface area contributed by atoms with E-state index in [1.54, 1.807) is 17.5 Å². The molecule has 2 heterocycles. The van der Waals surface area contributed by atoms with Crippen LogP contribution in [0, 0.1) is 11.2 Å². The summed E-state index contributed by atoms with van der Waals surface area (Å²) < 4.78 is 41.9. The number of hydrogen-bond donors (Lipinski definition) is 3. The van der Waals surface area contributed by atoms with E-state index in [2.05, 4.69) is 9.71 Å². The first-order valence-electron chi connectivity index (χ1n) is 11.1. The molecule has 0 atom stereocenters. The maximum Gasteiger partial charge on any atom is 0.263 e. The van der Waals surface area contributed by atoms with E-state index in [1.165, 1.54) is 53.6 Å². The molecule has 0 unspecified atom stereocenters. The first kappa shape index (κ1) is 26.6. The van der Waals surface area contributed by atoms with E-state index in [0.29, 0.717) is 13.1 Å². The zero-order chi connectivity index (χ0) is 26.7. The van der Waals surface area contributed by atoms with Gasteiger partial charge in [0.05, 0.1) is 21.2 Å². The molecule has 1 aliphatic rings. The van der Waals surface area contributed by atoms with Gasteiger partial charge in [-0.25, -0.2) is 17.8 Å². The zero-order valence-corrected chi connectivity index (χ0v) is 22.0. The minimum atomic E-state index is -3.76. The van der Waals surface area contributed by atoms with Gasteiger partial charge in [-0.15, -0.1) is 11.3 Å². The lowest BCUT2D eigenvalue weighted by Crippen LogP contribution is -2.50. The number of nitrogens with zero attached hydrogens (tertiary/aromatic N) is 3. The largest absolute Gasteiger partial charge is 0.512 e. The van der Waals surface area contributed by atoms with Crippen molar-refractivity contribution in [2.24, 2.45) is 0 Å². The second-order valence-electron chi connectivity index (χ2n) is 8.15. The first-order valence-corrected chi connectivity index (χ1v) is 13.8.